The highest BCUT2D eigenvalue weighted by molar-refractivity contribution is 5.19. The predicted molar refractivity (Wildman–Crippen MR) is 68.1 cm³/mol. The number of hydrogen-bond donors (Lipinski definition) is 2. The Balaban J connectivity index is 1.85. The van der Waals surface area contributed by atoms with Crippen molar-refractivity contribution in [2.75, 3.05) is 13.1 Å². The van der Waals surface area contributed by atoms with Crippen LogP contribution in [0.3, 0.4) is 0 Å². The van der Waals surface area contributed by atoms with Crippen molar-refractivity contribution in [3.63, 3.8) is 0 Å². The molecule has 2 unspecified atom stereocenters. The van der Waals surface area contributed by atoms with E-state index in [9.17, 15) is 0 Å². The normalized spacial score (nSPS) is 19.4. The fraction of sp³-hybridized carbons (Fsp3) is 0.571. The van der Waals surface area contributed by atoms with Crippen molar-refractivity contribution < 1.29 is 0 Å². The molecule has 0 heterocycles. The zero-order valence-electron chi connectivity index (χ0n) is 10.0. The minimum Gasteiger partial charge on any atom is -0.329 e. The number of rotatable bonds is 6. The topological polar surface area (TPSA) is 38.0 Å². The molecular formula is C14H22N2. The summed E-state index contributed by atoms with van der Waals surface area (Å²) < 4.78 is 0. The molecule has 1 saturated carbocycles. The van der Waals surface area contributed by atoms with Crippen LogP contribution in [-0.4, -0.2) is 13.1 Å². The molecular weight excluding hydrogens is 196 g/mol. The second kappa shape index (κ2) is 5.46. The fourth-order valence-corrected chi connectivity index (χ4v) is 2.18. The molecule has 0 saturated heterocycles. The van der Waals surface area contributed by atoms with E-state index in [0.29, 0.717) is 12.6 Å². The molecule has 2 nitrogen and oxygen atoms in total. The molecule has 0 aromatic heterocycles. The van der Waals surface area contributed by atoms with Crippen molar-refractivity contribution in [3.8, 4) is 0 Å². The van der Waals surface area contributed by atoms with E-state index < -0.39 is 0 Å². The van der Waals surface area contributed by atoms with Crippen molar-refractivity contribution in [1.29, 1.82) is 0 Å². The molecule has 0 amide bonds. The Bertz CT molecular complexity index is 306. The summed E-state index contributed by atoms with van der Waals surface area (Å²) in [5.74, 6) is 1.75. The third kappa shape index (κ3) is 3.06. The quantitative estimate of drug-likeness (QED) is 0.769. The van der Waals surface area contributed by atoms with Gasteiger partial charge in [0.2, 0.25) is 0 Å². The van der Waals surface area contributed by atoms with Gasteiger partial charge in [-0.2, -0.15) is 0 Å². The molecule has 1 fully saturated rings. The zero-order valence-corrected chi connectivity index (χ0v) is 10.0. The van der Waals surface area contributed by atoms with Gasteiger partial charge in [0.25, 0.3) is 0 Å². The average Bonchev–Trinajstić information content (AvgIpc) is 3.15. The van der Waals surface area contributed by atoms with E-state index in [1.165, 1.54) is 18.4 Å². The lowest BCUT2D eigenvalue weighted by molar-refractivity contribution is 0.423. The van der Waals surface area contributed by atoms with Crippen LogP contribution < -0.4 is 11.1 Å². The summed E-state index contributed by atoms with van der Waals surface area (Å²) in [6, 6.07) is 10.8. The maximum Gasteiger partial charge on any atom is 0.0444 e. The second-order valence-electron chi connectivity index (χ2n) is 4.92. The van der Waals surface area contributed by atoms with Crippen molar-refractivity contribution in [3.05, 3.63) is 35.9 Å². The first-order chi connectivity index (χ1) is 7.81. The van der Waals surface area contributed by atoms with E-state index in [0.717, 1.165) is 18.4 Å². The summed E-state index contributed by atoms with van der Waals surface area (Å²) in [6.07, 6.45) is 2.84. The molecule has 0 aliphatic heterocycles. The molecule has 1 aliphatic rings. The molecule has 88 valence electrons. The van der Waals surface area contributed by atoms with Crippen LogP contribution in [0.5, 0.6) is 0 Å². The van der Waals surface area contributed by atoms with Gasteiger partial charge in [0.15, 0.2) is 0 Å². The lowest BCUT2D eigenvalue weighted by atomic mass is 10.0. The summed E-state index contributed by atoms with van der Waals surface area (Å²) in [4.78, 5) is 0. The van der Waals surface area contributed by atoms with Crippen LogP contribution >= 0.6 is 0 Å². The fourth-order valence-electron chi connectivity index (χ4n) is 2.18. The first kappa shape index (κ1) is 11.6. The van der Waals surface area contributed by atoms with Gasteiger partial charge < -0.3 is 11.1 Å². The van der Waals surface area contributed by atoms with E-state index in [4.69, 9.17) is 5.73 Å². The van der Waals surface area contributed by atoms with E-state index >= 15 is 0 Å². The Hall–Kier alpha value is -0.860. The van der Waals surface area contributed by atoms with Crippen molar-refractivity contribution in [2.45, 2.75) is 25.8 Å². The Labute approximate surface area is 98.2 Å². The number of nitrogens with two attached hydrogens (primary N) is 1. The predicted octanol–water partition coefficient (Wildman–Crippen LogP) is 2.32. The SMILES string of the molecule is CC(CNC(CN)c1ccccc1)C1CC1. The van der Waals surface area contributed by atoms with Gasteiger partial charge in [-0.1, -0.05) is 37.3 Å². The molecule has 0 radical (unpaired) electrons. The van der Waals surface area contributed by atoms with Gasteiger partial charge >= 0.3 is 0 Å². The molecule has 3 N–H and O–H groups in total. The highest BCUT2D eigenvalue weighted by Gasteiger charge is 2.27. The van der Waals surface area contributed by atoms with Gasteiger partial charge in [0.05, 0.1) is 0 Å². The molecule has 2 heteroatoms. The van der Waals surface area contributed by atoms with Gasteiger partial charge in [0, 0.05) is 12.6 Å². The minimum absolute atomic E-state index is 0.308. The summed E-state index contributed by atoms with van der Waals surface area (Å²) in [5, 5.41) is 3.58. The van der Waals surface area contributed by atoms with Crippen molar-refractivity contribution in [1.82, 2.24) is 5.32 Å². The van der Waals surface area contributed by atoms with Crippen LogP contribution in [0.15, 0.2) is 30.3 Å². The van der Waals surface area contributed by atoms with Gasteiger partial charge in [-0.3, -0.25) is 0 Å². The standard InChI is InChI=1S/C14H22N2/c1-11(12-7-8-12)10-16-14(9-15)13-5-3-2-4-6-13/h2-6,11-12,14,16H,7-10,15H2,1H3. The minimum atomic E-state index is 0.308. The Morgan fingerprint density at radius 1 is 1.31 bits per heavy atom. The average molecular weight is 218 g/mol. The molecule has 0 bridgehead atoms. The molecule has 16 heavy (non-hydrogen) atoms. The van der Waals surface area contributed by atoms with Crippen LogP contribution in [0.25, 0.3) is 0 Å². The van der Waals surface area contributed by atoms with Crippen LogP contribution in [0, 0.1) is 11.8 Å². The van der Waals surface area contributed by atoms with Crippen LogP contribution in [0.2, 0.25) is 0 Å². The highest BCUT2D eigenvalue weighted by atomic mass is 14.9. The molecule has 2 atom stereocenters. The van der Waals surface area contributed by atoms with E-state index in [1.54, 1.807) is 0 Å². The number of hydrogen-bond acceptors (Lipinski definition) is 2. The maximum absolute atomic E-state index is 5.82. The van der Waals surface area contributed by atoms with Crippen molar-refractivity contribution in [2.24, 2.45) is 17.6 Å². The summed E-state index contributed by atoms with van der Waals surface area (Å²) in [6.45, 7) is 4.09. The first-order valence-corrected chi connectivity index (χ1v) is 6.29. The lowest BCUT2D eigenvalue weighted by Gasteiger charge is -2.20. The second-order valence-corrected chi connectivity index (χ2v) is 4.92. The van der Waals surface area contributed by atoms with Crippen LogP contribution in [-0.2, 0) is 0 Å². The summed E-state index contributed by atoms with van der Waals surface area (Å²) >= 11 is 0. The monoisotopic (exact) mass is 218 g/mol. The lowest BCUT2D eigenvalue weighted by Crippen LogP contribution is -2.32. The largest absolute Gasteiger partial charge is 0.329 e. The summed E-state index contributed by atoms with van der Waals surface area (Å²) in [7, 11) is 0. The third-order valence-electron chi connectivity index (χ3n) is 3.55. The van der Waals surface area contributed by atoms with E-state index in [2.05, 4.69) is 36.5 Å². The number of benzene rings is 1. The zero-order chi connectivity index (χ0) is 11.4. The molecule has 1 aromatic carbocycles. The van der Waals surface area contributed by atoms with Crippen molar-refractivity contribution >= 4 is 0 Å². The Morgan fingerprint density at radius 2 is 2.00 bits per heavy atom. The van der Waals surface area contributed by atoms with Gasteiger partial charge in [0.1, 0.15) is 0 Å². The Kier molecular flexibility index (Phi) is 3.97. The molecule has 0 spiro atoms. The van der Waals surface area contributed by atoms with Crippen LogP contribution in [0.4, 0.5) is 0 Å². The van der Waals surface area contributed by atoms with E-state index in [-0.39, 0.29) is 0 Å². The highest BCUT2D eigenvalue weighted by Crippen LogP contribution is 2.36. The smallest absolute Gasteiger partial charge is 0.0444 e. The third-order valence-corrected chi connectivity index (χ3v) is 3.55. The maximum atomic E-state index is 5.82. The Morgan fingerprint density at radius 3 is 2.56 bits per heavy atom. The van der Waals surface area contributed by atoms with Gasteiger partial charge in [-0.25, -0.2) is 0 Å². The van der Waals surface area contributed by atoms with Gasteiger partial charge in [-0.15, -0.1) is 0 Å². The van der Waals surface area contributed by atoms with Crippen LogP contribution in [0.1, 0.15) is 31.4 Å². The molecule has 1 aliphatic carbocycles. The summed E-state index contributed by atoms with van der Waals surface area (Å²) in [5.41, 5.74) is 7.12. The number of nitrogens with one attached hydrogen (secondary N) is 1. The first-order valence-electron chi connectivity index (χ1n) is 6.29. The molecule has 2 rings (SSSR count). The van der Waals surface area contributed by atoms with E-state index in [1.807, 2.05) is 6.07 Å². The van der Waals surface area contributed by atoms with Gasteiger partial charge in [-0.05, 0) is 36.8 Å². The molecule has 1 aromatic rings.